The van der Waals surface area contributed by atoms with Gasteiger partial charge in [0.15, 0.2) is 22.8 Å². The molecular formula is C19H12F4N4O2. The number of aryl methyl sites for hydroxylation is 1. The third-order valence-electron chi connectivity index (χ3n) is 4.12. The molecule has 2 heterocycles. The third-order valence-corrected chi connectivity index (χ3v) is 4.12. The maximum atomic E-state index is 14.1. The van der Waals surface area contributed by atoms with Gasteiger partial charge in [-0.1, -0.05) is 6.92 Å². The van der Waals surface area contributed by atoms with Crippen molar-refractivity contribution < 1.29 is 22.3 Å². The highest BCUT2D eigenvalue weighted by Crippen LogP contribution is 2.29. The van der Waals surface area contributed by atoms with Crippen molar-refractivity contribution in [2.45, 2.75) is 13.3 Å². The van der Waals surface area contributed by atoms with Crippen LogP contribution in [0.25, 0.3) is 16.9 Å². The number of halogens is 4. The first-order chi connectivity index (χ1) is 13.9. The van der Waals surface area contributed by atoms with Crippen LogP contribution in [0.3, 0.4) is 0 Å². The van der Waals surface area contributed by atoms with Gasteiger partial charge in [-0.25, -0.2) is 27.1 Å². The van der Waals surface area contributed by atoms with Gasteiger partial charge in [-0.15, -0.1) is 0 Å². The van der Waals surface area contributed by atoms with E-state index < -0.39 is 40.6 Å². The lowest BCUT2D eigenvalue weighted by Crippen LogP contribution is -2.22. The molecule has 0 aliphatic rings. The molecule has 0 spiro atoms. The molecule has 0 radical (unpaired) electrons. The van der Waals surface area contributed by atoms with Crippen molar-refractivity contribution in [1.82, 2.24) is 19.5 Å². The SMILES string of the molecule is CCc1nc2nc(Oc3c(F)cc(F)cc3F)n(-c3ccc(F)cc3)c(=O)c2[nH]1. The Hall–Kier alpha value is -3.69. The number of aromatic nitrogens is 4. The lowest BCUT2D eigenvalue weighted by atomic mass is 10.3. The normalized spacial score (nSPS) is 11.2. The summed E-state index contributed by atoms with van der Waals surface area (Å²) in [4.78, 5) is 24.0. The van der Waals surface area contributed by atoms with Crippen LogP contribution in [0.2, 0.25) is 0 Å². The second kappa shape index (κ2) is 7.04. The smallest absolute Gasteiger partial charge is 0.311 e. The Balaban J connectivity index is 1.97. The average Bonchev–Trinajstić information content (AvgIpc) is 3.09. The Bertz CT molecular complexity index is 1260. The number of ether oxygens (including phenoxy) is 1. The Morgan fingerprint density at radius 1 is 1.00 bits per heavy atom. The topological polar surface area (TPSA) is 72.8 Å². The molecule has 0 fully saturated rings. The minimum absolute atomic E-state index is 0.0249. The summed E-state index contributed by atoms with van der Waals surface area (Å²) in [5.41, 5.74) is -0.523. The highest BCUT2D eigenvalue weighted by Gasteiger charge is 2.21. The molecule has 0 amide bonds. The Kier molecular flexibility index (Phi) is 4.53. The van der Waals surface area contributed by atoms with Gasteiger partial charge in [0.2, 0.25) is 5.75 Å². The molecule has 0 unspecified atom stereocenters. The van der Waals surface area contributed by atoms with Crippen LogP contribution in [0, 0.1) is 23.3 Å². The molecule has 0 aliphatic heterocycles. The van der Waals surface area contributed by atoms with Crippen molar-refractivity contribution in [2.24, 2.45) is 0 Å². The lowest BCUT2D eigenvalue weighted by molar-refractivity contribution is 0.369. The second-order valence-electron chi connectivity index (χ2n) is 6.05. The lowest BCUT2D eigenvalue weighted by Gasteiger charge is -2.13. The van der Waals surface area contributed by atoms with E-state index in [0.29, 0.717) is 24.4 Å². The van der Waals surface area contributed by atoms with Crippen LogP contribution in [-0.4, -0.2) is 19.5 Å². The molecule has 2 aromatic carbocycles. The van der Waals surface area contributed by atoms with E-state index in [0.717, 1.165) is 16.7 Å². The third kappa shape index (κ3) is 3.33. The van der Waals surface area contributed by atoms with Crippen molar-refractivity contribution in [2.75, 3.05) is 0 Å². The van der Waals surface area contributed by atoms with Crippen LogP contribution >= 0.6 is 0 Å². The van der Waals surface area contributed by atoms with E-state index in [1.807, 2.05) is 0 Å². The van der Waals surface area contributed by atoms with Crippen molar-refractivity contribution in [1.29, 1.82) is 0 Å². The second-order valence-corrected chi connectivity index (χ2v) is 6.05. The number of rotatable bonds is 4. The molecule has 0 bridgehead atoms. The van der Waals surface area contributed by atoms with Gasteiger partial charge in [-0.05, 0) is 24.3 Å². The molecule has 0 saturated carbocycles. The van der Waals surface area contributed by atoms with Gasteiger partial charge in [-0.2, -0.15) is 4.98 Å². The van der Waals surface area contributed by atoms with Crippen LogP contribution in [-0.2, 0) is 6.42 Å². The Labute approximate surface area is 160 Å². The van der Waals surface area contributed by atoms with Crippen molar-refractivity contribution in [3.63, 3.8) is 0 Å². The summed E-state index contributed by atoms with van der Waals surface area (Å²) >= 11 is 0. The van der Waals surface area contributed by atoms with E-state index in [1.165, 1.54) is 12.1 Å². The van der Waals surface area contributed by atoms with E-state index >= 15 is 0 Å². The summed E-state index contributed by atoms with van der Waals surface area (Å²) in [5, 5.41) is 0. The van der Waals surface area contributed by atoms with Crippen LogP contribution in [0.15, 0.2) is 41.2 Å². The maximum Gasteiger partial charge on any atom is 0.311 e. The van der Waals surface area contributed by atoms with Crippen LogP contribution in [0.1, 0.15) is 12.7 Å². The number of hydrogen-bond acceptors (Lipinski definition) is 4. The maximum absolute atomic E-state index is 14.1. The first-order valence-corrected chi connectivity index (χ1v) is 8.47. The van der Waals surface area contributed by atoms with E-state index in [-0.39, 0.29) is 16.9 Å². The minimum atomic E-state index is -1.32. The van der Waals surface area contributed by atoms with E-state index in [9.17, 15) is 22.4 Å². The number of fused-ring (bicyclic) bond motifs is 1. The Morgan fingerprint density at radius 2 is 1.66 bits per heavy atom. The summed E-state index contributed by atoms with van der Waals surface area (Å²) in [6.45, 7) is 1.80. The highest BCUT2D eigenvalue weighted by molar-refractivity contribution is 5.70. The summed E-state index contributed by atoms with van der Waals surface area (Å²) in [6.07, 6.45) is 0.476. The average molecular weight is 404 g/mol. The van der Waals surface area contributed by atoms with Crippen LogP contribution in [0.5, 0.6) is 11.8 Å². The largest absolute Gasteiger partial charge is 0.419 e. The first-order valence-electron chi connectivity index (χ1n) is 8.47. The number of nitrogens with one attached hydrogen (secondary N) is 1. The molecule has 0 aliphatic carbocycles. The van der Waals surface area contributed by atoms with Gasteiger partial charge < -0.3 is 9.72 Å². The fourth-order valence-electron chi connectivity index (χ4n) is 2.75. The quantitative estimate of drug-likeness (QED) is 0.522. The standard InChI is InChI=1S/C19H12F4N4O2/c1-2-14-24-15-17(25-14)26-19(29-16-12(22)7-10(21)8-13(16)23)27(18(15)28)11-5-3-9(20)4-6-11/h3-8H,2H2,1H3,(H,24,25). The molecule has 148 valence electrons. The van der Waals surface area contributed by atoms with Crippen molar-refractivity contribution >= 4 is 11.2 Å². The van der Waals surface area contributed by atoms with Gasteiger partial charge >= 0.3 is 6.01 Å². The predicted molar refractivity (Wildman–Crippen MR) is 95.2 cm³/mol. The number of benzene rings is 2. The molecular weight excluding hydrogens is 392 g/mol. The molecule has 10 heteroatoms. The summed E-state index contributed by atoms with van der Waals surface area (Å²) in [5.74, 6) is -4.81. The van der Waals surface area contributed by atoms with Gasteiger partial charge in [0.1, 0.15) is 17.5 Å². The van der Waals surface area contributed by atoms with E-state index in [1.54, 1.807) is 6.92 Å². The fraction of sp³-hybridized carbons (Fsp3) is 0.105. The van der Waals surface area contributed by atoms with E-state index in [2.05, 4.69) is 15.0 Å². The summed E-state index contributed by atoms with van der Waals surface area (Å²) in [7, 11) is 0. The Morgan fingerprint density at radius 3 is 2.28 bits per heavy atom. The molecule has 4 rings (SSSR count). The minimum Gasteiger partial charge on any atom is -0.419 e. The van der Waals surface area contributed by atoms with Crippen LogP contribution in [0.4, 0.5) is 17.6 Å². The molecule has 0 atom stereocenters. The zero-order chi connectivity index (χ0) is 20.7. The van der Waals surface area contributed by atoms with Crippen molar-refractivity contribution in [3.8, 4) is 17.4 Å². The van der Waals surface area contributed by atoms with Gasteiger partial charge in [0.25, 0.3) is 5.56 Å². The fourth-order valence-corrected chi connectivity index (χ4v) is 2.75. The molecule has 4 aromatic rings. The number of nitrogens with zero attached hydrogens (tertiary/aromatic N) is 3. The highest BCUT2D eigenvalue weighted by atomic mass is 19.1. The van der Waals surface area contributed by atoms with Crippen molar-refractivity contribution in [3.05, 3.63) is 75.8 Å². The van der Waals surface area contributed by atoms with E-state index in [4.69, 9.17) is 4.74 Å². The van der Waals surface area contributed by atoms with Gasteiger partial charge in [0.05, 0.1) is 5.69 Å². The summed E-state index contributed by atoms with van der Waals surface area (Å²) in [6, 6.07) is 5.07. The van der Waals surface area contributed by atoms with Gasteiger partial charge in [-0.3, -0.25) is 4.79 Å². The van der Waals surface area contributed by atoms with Gasteiger partial charge in [0, 0.05) is 18.6 Å². The molecule has 29 heavy (non-hydrogen) atoms. The van der Waals surface area contributed by atoms with Crippen LogP contribution < -0.4 is 10.3 Å². The molecule has 1 N–H and O–H groups in total. The number of aromatic amines is 1. The molecule has 2 aromatic heterocycles. The monoisotopic (exact) mass is 404 g/mol. The molecule has 6 nitrogen and oxygen atoms in total. The predicted octanol–water partition coefficient (Wildman–Crippen LogP) is 4.02. The number of hydrogen-bond donors (Lipinski definition) is 1. The first kappa shape index (κ1) is 18.7. The number of H-pyrrole nitrogens is 1. The zero-order valence-corrected chi connectivity index (χ0v) is 14.8. The zero-order valence-electron chi connectivity index (χ0n) is 14.8. The number of imidazole rings is 1. The molecule has 0 saturated heterocycles. The summed E-state index contributed by atoms with van der Waals surface area (Å²) < 4.78 is 60.8.